The lowest BCUT2D eigenvalue weighted by molar-refractivity contribution is -0.125. The van der Waals surface area contributed by atoms with Gasteiger partial charge in [0.25, 0.3) is 0 Å². The van der Waals surface area contributed by atoms with Crippen molar-refractivity contribution >= 4 is 11.8 Å². The summed E-state index contributed by atoms with van der Waals surface area (Å²) in [5.41, 5.74) is -0.173. The normalized spacial score (nSPS) is 9.94. The average Bonchev–Trinajstić information content (AvgIpc) is 2.34. The van der Waals surface area contributed by atoms with Crippen LogP contribution in [-0.2, 0) is 9.53 Å². The van der Waals surface area contributed by atoms with Gasteiger partial charge in [0, 0.05) is 5.92 Å². The van der Waals surface area contributed by atoms with Crippen molar-refractivity contribution in [2.24, 2.45) is 5.92 Å². The second kappa shape index (κ2) is 5.92. The van der Waals surface area contributed by atoms with Gasteiger partial charge in [-0.05, 0) is 18.2 Å². The van der Waals surface area contributed by atoms with E-state index < -0.39 is 11.8 Å². The van der Waals surface area contributed by atoms with E-state index in [0.717, 1.165) is 12.1 Å². The van der Waals surface area contributed by atoms with Crippen LogP contribution in [0.15, 0.2) is 18.2 Å². The number of benzene rings is 1. The fraction of sp³-hybridized carbons (Fsp3) is 0.308. The molecular formula is C13H12FNO3. The number of halogens is 1. The number of esters is 1. The maximum absolute atomic E-state index is 13.4. The summed E-state index contributed by atoms with van der Waals surface area (Å²) in [7, 11) is 0. The van der Waals surface area contributed by atoms with Crippen molar-refractivity contribution in [3.8, 4) is 6.07 Å². The van der Waals surface area contributed by atoms with Crippen molar-refractivity contribution in [2.45, 2.75) is 13.8 Å². The third-order valence-electron chi connectivity index (χ3n) is 2.31. The van der Waals surface area contributed by atoms with E-state index in [0.29, 0.717) is 0 Å². The van der Waals surface area contributed by atoms with Gasteiger partial charge in [-0.2, -0.15) is 5.26 Å². The van der Waals surface area contributed by atoms with E-state index in [-0.39, 0.29) is 29.4 Å². The van der Waals surface area contributed by atoms with Crippen molar-refractivity contribution in [3.05, 3.63) is 35.1 Å². The maximum Gasteiger partial charge on any atom is 0.341 e. The van der Waals surface area contributed by atoms with Crippen LogP contribution < -0.4 is 0 Å². The molecule has 0 saturated heterocycles. The number of rotatable bonds is 4. The first-order valence-corrected chi connectivity index (χ1v) is 5.35. The molecular weight excluding hydrogens is 237 g/mol. The summed E-state index contributed by atoms with van der Waals surface area (Å²) in [4.78, 5) is 22.7. The zero-order valence-electron chi connectivity index (χ0n) is 10.1. The van der Waals surface area contributed by atoms with E-state index in [1.807, 2.05) is 0 Å². The molecule has 4 nitrogen and oxygen atoms in total. The minimum atomic E-state index is -0.911. The number of nitriles is 1. The zero-order valence-corrected chi connectivity index (χ0v) is 10.1. The van der Waals surface area contributed by atoms with Crippen LogP contribution in [0.25, 0.3) is 0 Å². The molecule has 1 aromatic rings. The van der Waals surface area contributed by atoms with Crippen LogP contribution in [0.4, 0.5) is 4.39 Å². The van der Waals surface area contributed by atoms with Crippen molar-refractivity contribution < 1.29 is 18.7 Å². The molecule has 0 aliphatic rings. The molecule has 0 aliphatic carbocycles. The van der Waals surface area contributed by atoms with Crippen LogP contribution in [0.3, 0.4) is 0 Å². The molecule has 0 unspecified atom stereocenters. The zero-order chi connectivity index (χ0) is 13.7. The van der Waals surface area contributed by atoms with E-state index in [4.69, 9.17) is 10.00 Å². The fourth-order valence-electron chi connectivity index (χ4n) is 1.13. The second-order valence-corrected chi connectivity index (χ2v) is 4.00. The molecule has 0 amide bonds. The van der Waals surface area contributed by atoms with Gasteiger partial charge < -0.3 is 4.74 Å². The highest BCUT2D eigenvalue weighted by Crippen LogP contribution is 2.11. The minimum absolute atomic E-state index is 0.113. The van der Waals surface area contributed by atoms with Crippen LogP contribution in [0.5, 0.6) is 0 Å². The maximum atomic E-state index is 13.4. The Bertz CT molecular complexity index is 517. The topological polar surface area (TPSA) is 67.2 Å². The van der Waals surface area contributed by atoms with Crippen molar-refractivity contribution in [1.29, 1.82) is 5.26 Å². The highest BCUT2D eigenvalue weighted by Gasteiger charge is 2.16. The number of nitrogens with zero attached hydrogens (tertiary/aromatic N) is 1. The fourth-order valence-corrected chi connectivity index (χ4v) is 1.13. The molecule has 0 heterocycles. The first-order valence-electron chi connectivity index (χ1n) is 5.35. The monoisotopic (exact) mass is 249 g/mol. The van der Waals surface area contributed by atoms with Gasteiger partial charge in [0.2, 0.25) is 0 Å². The highest BCUT2D eigenvalue weighted by molar-refractivity contribution is 5.92. The van der Waals surface area contributed by atoms with E-state index in [1.54, 1.807) is 19.9 Å². The molecule has 0 spiro atoms. The number of Topliss-reactive ketones (excluding diaryl/α,β-unsaturated/α-hetero) is 1. The van der Waals surface area contributed by atoms with Crippen LogP contribution >= 0.6 is 0 Å². The standard InChI is InChI=1S/C13H12FNO3/c1-8(2)12(16)7-18-13(17)10-4-3-9(6-15)5-11(10)14/h3-5,8H,7H2,1-2H3. The third-order valence-corrected chi connectivity index (χ3v) is 2.31. The Labute approximate surface area is 104 Å². The predicted octanol–water partition coefficient (Wildman–Crippen LogP) is 2.08. The summed E-state index contributed by atoms with van der Waals surface area (Å²) in [6.45, 7) is 2.98. The SMILES string of the molecule is CC(C)C(=O)COC(=O)c1ccc(C#N)cc1F. The number of hydrogen-bond acceptors (Lipinski definition) is 4. The Kier molecular flexibility index (Phi) is 4.55. The van der Waals surface area contributed by atoms with Crippen LogP contribution in [0, 0.1) is 23.1 Å². The Morgan fingerprint density at radius 2 is 2.11 bits per heavy atom. The lowest BCUT2D eigenvalue weighted by atomic mass is 10.1. The molecule has 0 aliphatic heterocycles. The quantitative estimate of drug-likeness (QED) is 0.766. The van der Waals surface area contributed by atoms with Gasteiger partial charge in [0.05, 0.1) is 17.2 Å². The van der Waals surface area contributed by atoms with Gasteiger partial charge in [-0.1, -0.05) is 13.8 Å². The first kappa shape index (κ1) is 13.8. The smallest absolute Gasteiger partial charge is 0.341 e. The number of hydrogen-bond donors (Lipinski definition) is 0. The summed E-state index contributed by atoms with van der Waals surface area (Å²) >= 11 is 0. The summed E-state index contributed by atoms with van der Waals surface area (Å²) < 4.78 is 18.1. The van der Waals surface area contributed by atoms with Gasteiger partial charge in [-0.15, -0.1) is 0 Å². The molecule has 1 aromatic carbocycles. The Morgan fingerprint density at radius 1 is 1.44 bits per heavy atom. The van der Waals surface area contributed by atoms with E-state index in [1.165, 1.54) is 6.07 Å². The summed E-state index contributed by atoms with van der Waals surface area (Å²) in [5, 5.41) is 8.55. The summed E-state index contributed by atoms with van der Waals surface area (Å²) in [6.07, 6.45) is 0. The predicted molar refractivity (Wildman–Crippen MR) is 61.2 cm³/mol. The van der Waals surface area contributed by atoms with Gasteiger partial charge in [-0.25, -0.2) is 9.18 Å². The molecule has 0 saturated carbocycles. The Hall–Kier alpha value is -2.22. The van der Waals surface area contributed by atoms with Crippen LogP contribution in [0.2, 0.25) is 0 Å². The largest absolute Gasteiger partial charge is 0.454 e. The molecule has 0 fully saturated rings. The third kappa shape index (κ3) is 3.39. The minimum Gasteiger partial charge on any atom is -0.454 e. The number of carbonyl (C=O) groups is 2. The molecule has 5 heteroatoms. The van der Waals surface area contributed by atoms with Gasteiger partial charge >= 0.3 is 5.97 Å². The molecule has 1 rings (SSSR count). The first-order chi connectivity index (χ1) is 8.45. The molecule has 0 radical (unpaired) electrons. The van der Waals surface area contributed by atoms with E-state index >= 15 is 0 Å². The van der Waals surface area contributed by atoms with Crippen molar-refractivity contribution in [2.75, 3.05) is 6.61 Å². The molecule has 94 valence electrons. The number of carbonyl (C=O) groups excluding carboxylic acids is 2. The lowest BCUT2D eigenvalue weighted by Crippen LogP contribution is -2.18. The van der Waals surface area contributed by atoms with Crippen molar-refractivity contribution in [3.63, 3.8) is 0 Å². The number of ether oxygens (including phenoxy) is 1. The number of ketones is 1. The van der Waals surface area contributed by atoms with Gasteiger partial charge in [0.1, 0.15) is 5.82 Å². The van der Waals surface area contributed by atoms with Crippen LogP contribution in [-0.4, -0.2) is 18.4 Å². The molecule has 0 aromatic heterocycles. The Morgan fingerprint density at radius 3 is 2.61 bits per heavy atom. The molecule has 18 heavy (non-hydrogen) atoms. The highest BCUT2D eigenvalue weighted by atomic mass is 19.1. The Balaban J connectivity index is 2.74. The molecule has 0 bridgehead atoms. The van der Waals surface area contributed by atoms with Gasteiger partial charge in [-0.3, -0.25) is 4.79 Å². The van der Waals surface area contributed by atoms with Crippen molar-refractivity contribution in [1.82, 2.24) is 0 Å². The molecule has 0 atom stereocenters. The van der Waals surface area contributed by atoms with E-state index in [2.05, 4.69) is 0 Å². The summed E-state index contributed by atoms with van der Waals surface area (Å²) in [6, 6.07) is 5.17. The average molecular weight is 249 g/mol. The summed E-state index contributed by atoms with van der Waals surface area (Å²) in [5.74, 6) is -2.23. The van der Waals surface area contributed by atoms with Crippen LogP contribution in [0.1, 0.15) is 29.8 Å². The van der Waals surface area contributed by atoms with Gasteiger partial charge in [0.15, 0.2) is 12.4 Å². The lowest BCUT2D eigenvalue weighted by Gasteiger charge is -2.06. The van der Waals surface area contributed by atoms with E-state index in [9.17, 15) is 14.0 Å². The second-order valence-electron chi connectivity index (χ2n) is 4.00. The molecule has 0 N–H and O–H groups in total.